The third-order valence-electron chi connectivity index (χ3n) is 3.99. The van der Waals surface area contributed by atoms with Gasteiger partial charge in [0.15, 0.2) is 0 Å². The Hall–Kier alpha value is -1.03. The average molecular weight is 241 g/mol. The molecule has 92 valence electrons. The second-order valence-corrected chi connectivity index (χ2v) is 4.94. The van der Waals surface area contributed by atoms with Crippen molar-refractivity contribution in [3.8, 4) is 0 Å². The van der Waals surface area contributed by atoms with Gasteiger partial charge < -0.3 is 0 Å². The summed E-state index contributed by atoms with van der Waals surface area (Å²) in [5.74, 6) is 0.645. The number of alkyl halides is 3. The topological polar surface area (TPSA) is 3.24 Å². The minimum absolute atomic E-state index is 0.359. The number of piperidine rings is 1. The first-order chi connectivity index (χ1) is 8.05. The van der Waals surface area contributed by atoms with Gasteiger partial charge in [0.25, 0.3) is 0 Å². The van der Waals surface area contributed by atoms with Gasteiger partial charge in [0, 0.05) is 6.04 Å². The molecular weight excluding hydrogens is 227 g/mol. The number of rotatable bonds is 1. The monoisotopic (exact) mass is 241 g/mol. The van der Waals surface area contributed by atoms with E-state index in [1.54, 1.807) is 12.1 Å². The minimum Gasteiger partial charge on any atom is -0.296 e. The van der Waals surface area contributed by atoms with E-state index in [0.29, 0.717) is 12.0 Å². The molecule has 1 unspecified atom stereocenters. The predicted molar refractivity (Wildman–Crippen MR) is 58.5 cm³/mol. The number of hydrogen-bond donors (Lipinski definition) is 0. The lowest BCUT2D eigenvalue weighted by Gasteiger charge is -2.19. The molecular formula is C13H14F3N. The van der Waals surface area contributed by atoms with Crippen LogP contribution in [0.2, 0.25) is 0 Å². The second kappa shape index (κ2) is 3.73. The molecule has 2 aliphatic rings. The Morgan fingerprint density at radius 1 is 1.00 bits per heavy atom. The fraction of sp³-hybridized carbons (Fsp3) is 0.538. The fourth-order valence-electron chi connectivity index (χ4n) is 3.16. The molecule has 0 N–H and O–H groups in total. The molecule has 2 aliphatic heterocycles. The Balaban J connectivity index is 1.86. The van der Waals surface area contributed by atoms with Crippen LogP contribution in [0.1, 0.15) is 30.0 Å². The van der Waals surface area contributed by atoms with E-state index in [2.05, 4.69) is 4.90 Å². The van der Waals surface area contributed by atoms with Gasteiger partial charge in [-0.15, -0.1) is 0 Å². The van der Waals surface area contributed by atoms with Crippen LogP contribution in [0.4, 0.5) is 13.2 Å². The Kier molecular flexibility index (Phi) is 2.43. The van der Waals surface area contributed by atoms with Crippen molar-refractivity contribution < 1.29 is 13.2 Å². The molecule has 2 fully saturated rings. The standard InChI is InChI=1S/C13H14F3N/c14-13(15,16)11-3-1-9(2-4-11)12-10-5-7-17(12)8-6-10/h1-4,10,12H,5-8H2. The zero-order valence-electron chi connectivity index (χ0n) is 9.37. The van der Waals surface area contributed by atoms with Gasteiger partial charge in [-0.25, -0.2) is 0 Å². The molecule has 1 atom stereocenters. The molecule has 0 spiro atoms. The molecule has 3 rings (SSSR count). The van der Waals surface area contributed by atoms with Crippen LogP contribution in [-0.4, -0.2) is 18.0 Å². The lowest BCUT2D eigenvalue weighted by molar-refractivity contribution is -0.137. The van der Waals surface area contributed by atoms with Crippen molar-refractivity contribution in [2.45, 2.75) is 25.1 Å². The molecule has 0 saturated carbocycles. The normalized spacial score (nSPS) is 32.1. The van der Waals surface area contributed by atoms with E-state index >= 15 is 0 Å². The molecule has 2 heterocycles. The van der Waals surface area contributed by atoms with Gasteiger partial charge in [-0.3, -0.25) is 4.90 Å². The lowest BCUT2D eigenvalue weighted by Crippen LogP contribution is -2.19. The zero-order valence-corrected chi connectivity index (χ0v) is 9.37. The van der Waals surface area contributed by atoms with Crippen LogP contribution in [0, 0.1) is 5.92 Å². The SMILES string of the molecule is FC(F)(F)c1ccc(C2C3CCN2CC3)cc1. The molecule has 1 nitrogen and oxygen atoms in total. The number of halogens is 3. The average Bonchev–Trinajstić information content (AvgIpc) is 2.87. The van der Waals surface area contributed by atoms with Gasteiger partial charge in [-0.05, 0) is 49.5 Å². The zero-order chi connectivity index (χ0) is 12.0. The second-order valence-electron chi connectivity index (χ2n) is 4.94. The maximum Gasteiger partial charge on any atom is 0.416 e. The number of fused-ring (bicyclic) bond motifs is 2. The van der Waals surface area contributed by atoms with Gasteiger partial charge in [0.05, 0.1) is 5.56 Å². The minimum atomic E-state index is -4.23. The van der Waals surface area contributed by atoms with Gasteiger partial charge in [0.1, 0.15) is 0 Å². The molecule has 0 aromatic heterocycles. The summed E-state index contributed by atoms with van der Waals surface area (Å²) in [6, 6.07) is 6.05. The highest BCUT2D eigenvalue weighted by molar-refractivity contribution is 5.28. The Morgan fingerprint density at radius 2 is 1.59 bits per heavy atom. The number of benzene rings is 1. The maximum atomic E-state index is 12.5. The van der Waals surface area contributed by atoms with Crippen molar-refractivity contribution in [3.05, 3.63) is 35.4 Å². The molecule has 1 aromatic rings. The van der Waals surface area contributed by atoms with E-state index in [1.807, 2.05) is 0 Å². The first kappa shape index (κ1) is 11.1. The number of hydrogen-bond acceptors (Lipinski definition) is 1. The van der Waals surface area contributed by atoms with E-state index < -0.39 is 11.7 Å². The van der Waals surface area contributed by atoms with Crippen molar-refractivity contribution >= 4 is 0 Å². The molecule has 0 aliphatic carbocycles. The van der Waals surface area contributed by atoms with Crippen LogP contribution in [-0.2, 0) is 6.18 Å². The van der Waals surface area contributed by atoms with Crippen molar-refractivity contribution in [2.24, 2.45) is 5.92 Å². The van der Waals surface area contributed by atoms with Crippen LogP contribution < -0.4 is 0 Å². The lowest BCUT2D eigenvalue weighted by atomic mass is 9.93. The maximum absolute atomic E-state index is 12.5. The van der Waals surface area contributed by atoms with Crippen molar-refractivity contribution in [2.75, 3.05) is 13.1 Å². The summed E-state index contributed by atoms with van der Waals surface area (Å²) < 4.78 is 37.4. The van der Waals surface area contributed by atoms with Gasteiger partial charge in [-0.1, -0.05) is 12.1 Å². The first-order valence-electron chi connectivity index (χ1n) is 5.97. The van der Waals surface area contributed by atoms with Crippen molar-refractivity contribution in [1.29, 1.82) is 0 Å². The highest BCUT2D eigenvalue weighted by Gasteiger charge is 2.40. The predicted octanol–water partition coefficient (Wildman–Crippen LogP) is 3.47. The molecule has 2 bridgehead atoms. The summed E-state index contributed by atoms with van der Waals surface area (Å²) in [4.78, 5) is 2.38. The van der Waals surface area contributed by atoms with Gasteiger partial charge in [0.2, 0.25) is 0 Å². The summed E-state index contributed by atoms with van der Waals surface area (Å²) in [6.45, 7) is 2.19. The van der Waals surface area contributed by atoms with E-state index in [0.717, 1.165) is 18.7 Å². The van der Waals surface area contributed by atoms with E-state index in [-0.39, 0.29) is 0 Å². The smallest absolute Gasteiger partial charge is 0.296 e. The van der Waals surface area contributed by atoms with Crippen LogP contribution in [0.3, 0.4) is 0 Å². The molecule has 4 heteroatoms. The Morgan fingerprint density at radius 3 is 2.00 bits per heavy atom. The van der Waals surface area contributed by atoms with Crippen LogP contribution in [0.15, 0.2) is 24.3 Å². The summed E-state index contributed by atoms with van der Waals surface area (Å²) in [5, 5.41) is 0. The largest absolute Gasteiger partial charge is 0.416 e. The molecule has 0 radical (unpaired) electrons. The molecule has 1 aromatic carbocycles. The molecule has 2 saturated heterocycles. The molecule has 17 heavy (non-hydrogen) atoms. The third kappa shape index (κ3) is 1.84. The Labute approximate surface area is 98.2 Å². The summed E-state index contributed by atoms with van der Waals surface area (Å²) in [5.41, 5.74) is 0.486. The van der Waals surface area contributed by atoms with Crippen molar-refractivity contribution in [1.82, 2.24) is 4.90 Å². The van der Waals surface area contributed by atoms with Crippen LogP contribution in [0.5, 0.6) is 0 Å². The fourth-order valence-corrected chi connectivity index (χ4v) is 3.16. The van der Waals surface area contributed by atoms with Gasteiger partial charge >= 0.3 is 6.18 Å². The molecule has 0 amide bonds. The van der Waals surface area contributed by atoms with Crippen molar-refractivity contribution in [3.63, 3.8) is 0 Å². The summed E-state index contributed by atoms with van der Waals surface area (Å²) >= 11 is 0. The first-order valence-corrected chi connectivity index (χ1v) is 5.97. The van der Waals surface area contributed by atoms with E-state index in [9.17, 15) is 13.2 Å². The van der Waals surface area contributed by atoms with E-state index in [1.165, 1.54) is 25.0 Å². The summed E-state index contributed by atoms with van der Waals surface area (Å²) in [6.07, 6.45) is -1.86. The van der Waals surface area contributed by atoms with Gasteiger partial charge in [-0.2, -0.15) is 13.2 Å². The Bertz CT molecular complexity index is 390. The van der Waals surface area contributed by atoms with E-state index in [4.69, 9.17) is 0 Å². The van der Waals surface area contributed by atoms with Crippen LogP contribution in [0.25, 0.3) is 0 Å². The highest BCUT2D eigenvalue weighted by Crippen LogP contribution is 2.45. The number of nitrogens with zero attached hydrogens (tertiary/aromatic N) is 1. The quantitative estimate of drug-likeness (QED) is 0.727. The third-order valence-corrected chi connectivity index (χ3v) is 3.99. The highest BCUT2D eigenvalue weighted by atomic mass is 19.4. The summed E-state index contributed by atoms with van der Waals surface area (Å²) in [7, 11) is 0. The van der Waals surface area contributed by atoms with Crippen LogP contribution >= 0.6 is 0 Å².